The molecule has 0 aliphatic heterocycles. The van der Waals surface area contributed by atoms with Crippen LogP contribution in [0.5, 0.6) is 5.75 Å². The molecule has 0 radical (unpaired) electrons. The lowest BCUT2D eigenvalue weighted by Crippen LogP contribution is -2.17. The van der Waals surface area contributed by atoms with Gasteiger partial charge >= 0.3 is 6.36 Å². The summed E-state index contributed by atoms with van der Waals surface area (Å²) in [6, 6.07) is 11.1. The van der Waals surface area contributed by atoms with Crippen molar-refractivity contribution < 1.29 is 17.9 Å². The second-order valence-electron chi connectivity index (χ2n) is 6.74. The largest absolute Gasteiger partial charge is 0.573 e. The Morgan fingerprint density at radius 2 is 1.91 bits per heavy atom. The molecule has 11 heteroatoms. The first-order valence-corrected chi connectivity index (χ1v) is 9.62. The molecule has 2 N–H and O–H groups in total. The van der Waals surface area contributed by atoms with Crippen molar-refractivity contribution >= 4 is 44.8 Å². The van der Waals surface area contributed by atoms with Crippen LogP contribution in [-0.4, -0.2) is 31.5 Å². The highest BCUT2D eigenvalue weighted by molar-refractivity contribution is 6.33. The second kappa shape index (κ2) is 7.65. The lowest BCUT2D eigenvalue weighted by atomic mass is 10.0. The van der Waals surface area contributed by atoms with E-state index >= 15 is 0 Å². The number of fused-ring (bicyclic) bond motifs is 3. The summed E-state index contributed by atoms with van der Waals surface area (Å²) in [6.07, 6.45) is 0.0124. The van der Waals surface area contributed by atoms with E-state index in [0.717, 1.165) is 27.8 Å². The SMILES string of the molecule is FC(F)(F)Oc1ccc(Nc2nc3c(-c4nnc[nH]4)cccc3c3cnccc23)c(Cl)c1. The van der Waals surface area contributed by atoms with Gasteiger partial charge in [-0.2, -0.15) is 0 Å². The number of hydrogen-bond donors (Lipinski definition) is 2. The molecule has 0 amide bonds. The van der Waals surface area contributed by atoms with Crippen LogP contribution in [0.3, 0.4) is 0 Å². The Balaban J connectivity index is 1.65. The maximum absolute atomic E-state index is 12.5. The van der Waals surface area contributed by atoms with E-state index in [2.05, 4.69) is 30.2 Å². The maximum atomic E-state index is 12.5. The Morgan fingerprint density at radius 3 is 2.66 bits per heavy atom. The molecule has 32 heavy (non-hydrogen) atoms. The summed E-state index contributed by atoms with van der Waals surface area (Å²) in [7, 11) is 0. The van der Waals surface area contributed by atoms with Crippen LogP contribution in [0.25, 0.3) is 33.1 Å². The zero-order valence-electron chi connectivity index (χ0n) is 16.0. The van der Waals surface area contributed by atoms with E-state index in [4.69, 9.17) is 16.6 Å². The number of para-hydroxylation sites is 1. The summed E-state index contributed by atoms with van der Waals surface area (Å²) in [4.78, 5) is 12.0. The first kappa shape index (κ1) is 20.0. The van der Waals surface area contributed by atoms with Crippen LogP contribution >= 0.6 is 11.6 Å². The molecule has 5 rings (SSSR count). The number of aromatic nitrogens is 5. The number of nitrogens with one attached hydrogen (secondary N) is 2. The molecule has 3 heterocycles. The highest BCUT2D eigenvalue weighted by Gasteiger charge is 2.31. The van der Waals surface area contributed by atoms with E-state index in [0.29, 0.717) is 22.8 Å². The van der Waals surface area contributed by atoms with Gasteiger partial charge in [0, 0.05) is 40.2 Å². The second-order valence-corrected chi connectivity index (χ2v) is 7.14. The number of ether oxygens (including phenoxy) is 1. The predicted octanol–water partition coefficient (Wildman–Crippen LogP) is 5.86. The summed E-state index contributed by atoms with van der Waals surface area (Å²) in [5, 5.41) is 13.5. The number of hydrogen-bond acceptors (Lipinski definition) is 6. The number of nitrogens with zero attached hydrogens (tertiary/aromatic N) is 4. The minimum atomic E-state index is -4.81. The van der Waals surface area contributed by atoms with Gasteiger partial charge in [-0.05, 0) is 24.3 Å². The van der Waals surface area contributed by atoms with E-state index in [1.807, 2.05) is 18.2 Å². The lowest BCUT2D eigenvalue weighted by molar-refractivity contribution is -0.274. The highest BCUT2D eigenvalue weighted by atomic mass is 35.5. The zero-order valence-corrected chi connectivity index (χ0v) is 16.7. The minimum absolute atomic E-state index is 0.0411. The first-order chi connectivity index (χ1) is 15.4. The Kier molecular flexibility index (Phi) is 4.78. The molecule has 2 aromatic carbocycles. The lowest BCUT2D eigenvalue weighted by Gasteiger charge is -2.15. The molecule has 0 bridgehead atoms. The summed E-state index contributed by atoms with van der Waals surface area (Å²) in [6.45, 7) is 0. The number of benzene rings is 2. The van der Waals surface area contributed by atoms with Crippen molar-refractivity contribution in [1.29, 1.82) is 0 Å². The smallest absolute Gasteiger partial charge is 0.406 e. The van der Waals surface area contributed by atoms with Gasteiger partial charge in [0.05, 0.1) is 16.2 Å². The summed E-state index contributed by atoms with van der Waals surface area (Å²) < 4.78 is 41.4. The zero-order chi connectivity index (χ0) is 22.3. The molecule has 3 aromatic heterocycles. The van der Waals surface area contributed by atoms with E-state index in [1.54, 1.807) is 18.5 Å². The third kappa shape index (κ3) is 3.76. The van der Waals surface area contributed by atoms with Crippen molar-refractivity contribution in [2.75, 3.05) is 5.32 Å². The molecule has 7 nitrogen and oxygen atoms in total. The topological polar surface area (TPSA) is 88.6 Å². The molecular weight excluding hydrogens is 445 g/mol. The Labute approximate surface area is 183 Å². The van der Waals surface area contributed by atoms with Crippen molar-refractivity contribution in [1.82, 2.24) is 25.1 Å². The van der Waals surface area contributed by atoms with Gasteiger partial charge in [0.15, 0.2) is 5.82 Å². The fourth-order valence-corrected chi connectivity index (χ4v) is 3.63. The fourth-order valence-electron chi connectivity index (χ4n) is 3.41. The molecule has 0 saturated heterocycles. The summed E-state index contributed by atoms with van der Waals surface area (Å²) in [5.41, 5.74) is 1.73. The molecule has 0 spiro atoms. The van der Waals surface area contributed by atoms with Crippen molar-refractivity contribution in [3.63, 3.8) is 0 Å². The minimum Gasteiger partial charge on any atom is -0.406 e. The highest BCUT2D eigenvalue weighted by Crippen LogP contribution is 2.37. The van der Waals surface area contributed by atoms with E-state index < -0.39 is 12.1 Å². The maximum Gasteiger partial charge on any atom is 0.573 e. The molecule has 0 saturated carbocycles. The quantitative estimate of drug-likeness (QED) is 0.329. The van der Waals surface area contributed by atoms with Crippen LogP contribution in [0, 0.1) is 0 Å². The standard InChI is InChI=1S/C21H12ClF3N6O/c22-16-8-11(32-21(23,24)25)4-5-17(16)29-20-13-6-7-26-9-15(13)12-2-1-3-14(18(12)30-20)19-27-10-28-31-19/h1-10H,(H,29,30)(H,27,28,31). The normalized spacial score (nSPS) is 11.8. The van der Waals surface area contributed by atoms with Crippen molar-refractivity contribution in [2.45, 2.75) is 6.36 Å². The number of anilines is 2. The van der Waals surface area contributed by atoms with Gasteiger partial charge in [-0.15, -0.1) is 23.4 Å². The van der Waals surface area contributed by atoms with Crippen molar-refractivity contribution in [3.8, 4) is 17.1 Å². The average molecular weight is 457 g/mol. The van der Waals surface area contributed by atoms with Gasteiger partial charge < -0.3 is 15.0 Å². The van der Waals surface area contributed by atoms with Gasteiger partial charge in [0.2, 0.25) is 0 Å². The third-order valence-corrected chi connectivity index (χ3v) is 5.04. The van der Waals surface area contributed by atoms with Crippen LogP contribution in [0.1, 0.15) is 0 Å². The van der Waals surface area contributed by atoms with Gasteiger partial charge in [-0.25, -0.2) is 4.98 Å². The predicted molar refractivity (Wildman–Crippen MR) is 114 cm³/mol. The number of aromatic amines is 1. The van der Waals surface area contributed by atoms with Crippen LogP contribution in [0.4, 0.5) is 24.7 Å². The van der Waals surface area contributed by atoms with Crippen LogP contribution < -0.4 is 10.1 Å². The molecule has 0 aliphatic rings. The Bertz CT molecular complexity index is 1440. The third-order valence-electron chi connectivity index (χ3n) is 4.73. The number of rotatable bonds is 4. The van der Waals surface area contributed by atoms with E-state index in [-0.39, 0.29) is 5.02 Å². The molecule has 5 aromatic rings. The number of alkyl halides is 3. The molecule has 160 valence electrons. The van der Waals surface area contributed by atoms with Gasteiger partial charge in [0.1, 0.15) is 17.9 Å². The number of pyridine rings is 2. The van der Waals surface area contributed by atoms with Crippen molar-refractivity contribution in [2.24, 2.45) is 0 Å². The van der Waals surface area contributed by atoms with Gasteiger partial charge in [0.25, 0.3) is 0 Å². The van der Waals surface area contributed by atoms with Crippen LogP contribution in [-0.2, 0) is 0 Å². The molecule has 0 fully saturated rings. The van der Waals surface area contributed by atoms with Crippen molar-refractivity contribution in [3.05, 3.63) is 66.2 Å². The van der Waals surface area contributed by atoms with E-state index in [1.165, 1.54) is 18.5 Å². The fraction of sp³-hybridized carbons (Fsp3) is 0.0476. The Hall–Kier alpha value is -3.92. The first-order valence-electron chi connectivity index (χ1n) is 9.24. The molecule has 0 unspecified atom stereocenters. The molecular formula is C21H12ClF3N6O. The van der Waals surface area contributed by atoms with Gasteiger partial charge in [-0.1, -0.05) is 23.7 Å². The average Bonchev–Trinajstić information content (AvgIpc) is 3.29. The number of halogens is 4. The number of H-pyrrole nitrogens is 1. The van der Waals surface area contributed by atoms with Crippen LogP contribution in [0.15, 0.2) is 61.2 Å². The molecule has 0 atom stereocenters. The van der Waals surface area contributed by atoms with Crippen LogP contribution in [0.2, 0.25) is 5.02 Å². The van der Waals surface area contributed by atoms with Gasteiger partial charge in [-0.3, -0.25) is 4.98 Å². The Morgan fingerprint density at radius 1 is 1.03 bits per heavy atom. The monoisotopic (exact) mass is 456 g/mol. The van der Waals surface area contributed by atoms with E-state index in [9.17, 15) is 13.2 Å². The summed E-state index contributed by atoms with van der Waals surface area (Å²) >= 11 is 6.22. The molecule has 0 aliphatic carbocycles. The summed E-state index contributed by atoms with van der Waals surface area (Å²) in [5.74, 6) is 0.582.